The van der Waals surface area contributed by atoms with Crippen LogP contribution in [0.15, 0.2) is 127 Å². The van der Waals surface area contributed by atoms with Crippen LogP contribution in [0.4, 0.5) is 11.4 Å². The van der Waals surface area contributed by atoms with E-state index >= 15 is 0 Å². The van der Waals surface area contributed by atoms with E-state index in [2.05, 4.69) is 137 Å². The van der Waals surface area contributed by atoms with Crippen molar-refractivity contribution in [2.75, 3.05) is 5.32 Å². The molecule has 0 unspecified atom stereocenters. The third-order valence-corrected chi connectivity index (χ3v) is 7.50. The molecule has 1 aliphatic rings. The van der Waals surface area contributed by atoms with Gasteiger partial charge in [0.25, 0.3) is 0 Å². The molecule has 36 heavy (non-hydrogen) atoms. The lowest BCUT2D eigenvalue weighted by Gasteiger charge is -2.23. The number of rotatable bonds is 2. The van der Waals surface area contributed by atoms with Gasteiger partial charge in [0.1, 0.15) is 0 Å². The molecule has 2 heteroatoms. The first kappa shape index (κ1) is 19.5. The van der Waals surface area contributed by atoms with Crippen LogP contribution >= 0.6 is 0 Å². The van der Waals surface area contributed by atoms with Gasteiger partial charge in [-0.2, -0.15) is 0 Å². The van der Waals surface area contributed by atoms with E-state index in [9.17, 15) is 0 Å². The van der Waals surface area contributed by atoms with Crippen LogP contribution in [0, 0.1) is 0 Å². The fourth-order valence-corrected chi connectivity index (χ4v) is 5.88. The van der Waals surface area contributed by atoms with Gasteiger partial charge in [-0.05, 0) is 70.6 Å². The Balaban J connectivity index is 1.34. The van der Waals surface area contributed by atoms with E-state index in [-0.39, 0.29) is 0 Å². The lowest BCUT2D eigenvalue weighted by molar-refractivity contribution is 1.18. The Bertz CT molecular complexity index is 1960. The number of hydrogen-bond donors (Lipinski definition) is 1. The van der Waals surface area contributed by atoms with Crippen molar-refractivity contribution in [3.8, 4) is 27.9 Å². The second-order valence-electron chi connectivity index (χ2n) is 9.51. The van der Waals surface area contributed by atoms with Crippen LogP contribution < -0.4 is 5.32 Å². The maximum absolute atomic E-state index is 3.66. The van der Waals surface area contributed by atoms with E-state index in [0.717, 1.165) is 5.69 Å². The van der Waals surface area contributed by atoms with Gasteiger partial charge in [-0.25, -0.2) is 0 Å². The van der Waals surface area contributed by atoms with Gasteiger partial charge in [0, 0.05) is 38.8 Å². The SMILES string of the molecule is c1ccc(-n2c3ccccc3c3cc(-c4ccc5c(c4)-c4cccc6cccc(c46)N5)ccc32)cc1. The average molecular weight is 459 g/mol. The summed E-state index contributed by atoms with van der Waals surface area (Å²) in [6, 6.07) is 46.1. The van der Waals surface area contributed by atoms with Gasteiger partial charge in [-0.15, -0.1) is 0 Å². The molecule has 0 spiro atoms. The molecule has 2 nitrogen and oxygen atoms in total. The second-order valence-corrected chi connectivity index (χ2v) is 9.51. The van der Waals surface area contributed by atoms with Gasteiger partial charge in [0.05, 0.1) is 11.0 Å². The van der Waals surface area contributed by atoms with E-state index in [4.69, 9.17) is 0 Å². The standard InChI is InChI=1S/C34H22N2/c1-2-10-25(11-3-1)36-32-15-5-4-12-26(32)29-21-24(17-19-33(29)36)23-16-18-30-28(20-23)27-13-6-8-22-9-7-14-31(35-30)34(22)27/h1-21,35H. The molecule has 1 N–H and O–H groups in total. The minimum absolute atomic E-state index is 1.16. The van der Waals surface area contributed by atoms with Crippen LogP contribution in [0.3, 0.4) is 0 Å². The molecule has 1 aromatic heterocycles. The fourth-order valence-electron chi connectivity index (χ4n) is 5.88. The number of nitrogens with one attached hydrogen (secondary N) is 1. The van der Waals surface area contributed by atoms with Crippen LogP contribution in [-0.2, 0) is 0 Å². The molecule has 7 aromatic rings. The summed E-state index contributed by atoms with van der Waals surface area (Å²) < 4.78 is 2.36. The first-order chi connectivity index (χ1) is 17.8. The minimum atomic E-state index is 1.16. The van der Waals surface area contributed by atoms with Crippen molar-refractivity contribution >= 4 is 44.0 Å². The van der Waals surface area contributed by atoms with E-state index in [1.807, 2.05) is 0 Å². The Morgan fingerprint density at radius 2 is 1.22 bits per heavy atom. The molecule has 0 fully saturated rings. The maximum Gasteiger partial charge on any atom is 0.0541 e. The normalized spacial score (nSPS) is 12.1. The number of hydrogen-bond acceptors (Lipinski definition) is 1. The third-order valence-electron chi connectivity index (χ3n) is 7.50. The summed E-state index contributed by atoms with van der Waals surface area (Å²) >= 11 is 0. The summed E-state index contributed by atoms with van der Waals surface area (Å²) in [5.41, 5.74) is 11.0. The van der Waals surface area contributed by atoms with E-state index in [1.54, 1.807) is 0 Å². The quantitative estimate of drug-likeness (QED) is 0.273. The molecule has 6 aromatic carbocycles. The molecule has 0 bridgehead atoms. The van der Waals surface area contributed by atoms with Gasteiger partial charge in [0.2, 0.25) is 0 Å². The van der Waals surface area contributed by atoms with Gasteiger partial charge in [0.15, 0.2) is 0 Å². The highest BCUT2D eigenvalue weighted by molar-refractivity contribution is 6.13. The summed E-state index contributed by atoms with van der Waals surface area (Å²) in [7, 11) is 0. The average Bonchev–Trinajstić information content (AvgIpc) is 3.27. The Hall–Kier alpha value is -4.82. The van der Waals surface area contributed by atoms with Crippen molar-refractivity contribution in [3.05, 3.63) is 127 Å². The highest BCUT2D eigenvalue weighted by Gasteiger charge is 2.19. The smallest absolute Gasteiger partial charge is 0.0541 e. The first-order valence-corrected chi connectivity index (χ1v) is 12.4. The maximum atomic E-state index is 3.66. The molecule has 168 valence electrons. The summed E-state index contributed by atoms with van der Waals surface area (Å²) in [4.78, 5) is 0. The number of nitrogens with zero attached hydrogens (tertiary/aromatic N) is 1. The van der Waals surface area contributed by atoms with Crippen molar-refractivity contribution in [1.82, 2.24) is 4.57 Å². The predicted molar refractivity (Wildman–Crippen MR) is 152 cm³/mol. The molecule has 0 amide bonds. The van der Waals surface area contributed by atoms with Crippen molar-refractivity contribution < 1.29 is 0 Å². The van der Waals surface area contributed by atoms with Gasteiger partial charge in [-0.3, -0.25) is 0 Å². The molecule has 1 aliphatic heterocycles. The molecule has 0 saturated carbocycles. The summed E-state index contributed by atoms with van der Waals surface area (Å²) in [6.07, 6.45) is 0. The largest absolute Gasteiger partial charge is 0.354 e. The molecule has 0 atom stereocenters. The topological polar surface area (TPSA) is 17.0 Å². The molecule has 0 aliphatic carbocycles. The number of fused-ring (bicyclic) bond motifs is 5. The molecular weight excluding hydrogens is 436 g/mol. The Kier molecular flexibility index (Phi) is 3.97. The van der Waals surface area contributed by atoms with Crippen molar-refractivity contribution in [2.24, 2.45) is 0 Å². The summed E-state index contributed by atoms with van der Waals surface area (Å²) in [5.74, 6) is 0. The van der Waals surface area contributed by atoms with Gasteiger partial charge < -0.3 is 9.88 Å². The number of para-hydroxylation sites is 2. The van der Waals surface area contributed by atoms with E-state index in [1.165, 1.54) is 66.2 Å². The first-order valence-electron chi connectivity index (χ1n) is 12.4. The van der Waals surface area contributed by atoms with E-state index < -0.39 is 0 Å². The van der Waals surface area contributed by atoms with Crippen molar-refractivity contribution in [3.63, 3.8) is 0 Å². The second kappa shape index (κ2) is 7.34. The zero-order valence-corrected chi connectivity index (χ0v) is 19.6. The number of aromatic nitrogens is 1. The van der Waals surface area contributed by atoms with Crippen LogP contribution in [0.1, 0.15) is 0 Å². The Morgan fingerprint density at radius 1 is 0.472 bits per heavy atom. The highest BCUT2D eigenvalue weighted by atomic mass is 15.0. The molecular formula is C34H22N2. The van der Waals surface area contributed by atoms with Crippen LogP contribution in [0.25, 0.3) is 60.5 Å². The zero-order valence-electron chi connectivity index (χ0n) is 19.6. The molecule has 2 heterocycles. The molecule has 8 rings (SSSR count). The third kappa shape index (κ3) is 2.73. The summed E-state index contributed by atoms with van der Waals surface area (Å²) in [6.45, 7) is 0. The highest BCUT2D eigenvalue weighted by Crippen LogP contribution is 2.45. The lowest BCUT2D eigenvalue weighted by Crippen LogP contribution is -2.01. The van der Waals surface area contributed by atoms with Crippen molar-refractivity contribution in [1.29, 1.82) is 0 Å². The molecule has 0 radical (unpaired) electrons. The van der Waals surface area contributed by atoms with Crippen molar-refractivity contribution in [2.45, 2.75) is 0 Å². The molecule has 0 saturated heterocycles. The number of anilines is 2. The van der Waals surface area contributed by atoms with Crippen LogP contribution in [0.5, 0.6) is 0 Å². The van der Waals surface area contributed by atoms with Gasteiger partial charge >= 0.3 is 0 Å². The minimum Gasteiger partial charge on any atom is -0.354 e. The monoisotopic (exact) mass is 458 g/mol. The fraction of sp³-hybridized carbons (Fsp3) is 0. The predicted octanol–water partition coefficient (Wildman–Crippen LogP) is 9.33. The number of benzene rings is 6. The van der Waals surface area contributed by atoms with Gasteiger partial charge in [-0.1, -0.05) is 78.9 Å². The Morgan fingerprint density at radius 3 is 2.14 bits per heavy atom. The lowest BCUT2D eigenvalue weighted by atomic mass is 9.90. The van der Waals surface area contributed by atoms with E-state index in [0.29, 0.717) is 0 Å². The van der Waals surface area contributed by atoms with Crippen LogP contribution in [-0.4, -0.2) is 4.57 Å². The summed E-state index contributed by atoms with van der Waals surface area (Å²) in [5, 5.41) is 8.77. The Labute approximate surface area is 209 Å². The van der Waals surface area contributed by atoms with Crippen LogP contribution in [0.2, 0.25) is 0 Å². The zero-order chi connectivity index (χ0) is 23.6.